The Morgan fingerprint density at radius 3 is 2.25 bits per heavy atom. The highest BCUT2D eigenvalue weighted by atomic mass is 35.5. The first-order valence-corrected chi connectivity index (χ1v) is 10.8. The first-order valence-electron chi connectivity index (χ1n) is 10.4. The van der Waals surface area contributed by atoms with Crippen molar-refractivity contribution in [3.63, 3.8) is 0 Å². The second kappa shape index (κ2) is 9.28. The predicted octanol–water partition coefficient (Wildman–Crippen LogP) is 6.19. The van der Waals surface area contributed by atoms with Crippen LogP contribution < -0.4 is 15.6 Å². The van der Waals surface area contributed by atoms with Crippen molar-refractivity contribution in [2.75, 3.05) is 0 Å². The smallest absolute Gasteiger partial charge is 0.408 e. The van der Waals surface area contributed by atoms with Gasteiger partial charge in [-0.3, -0.25) is 9.36 Å². The molecule has 1 heterocycles. The van der Waals surface area contributed by atoms with Crippen molar-refractivity contribution in [2.45, 2.75) is 26.3 Å². The molecule has 4 rings (SSSR count). The minimum absolute atomic E-state index is 0.183. The fraction of sp³-hybridized carbons (Fsp3) is 0.154. The standard InChI is InChI=1S/C26H23ClN2O3/c1-3-23(18-9-5-4-6-10-18)28-26(31)32-24-17(2)29(20-15-13-19(27)14-16-20)25(30)22-12-8-7-11-21(22)24/h4-16,23H,3H2,1-2H3,(H,28,31)/t23-/m0/s1. The van der Waals surface area contributed by atoms with Gasteiger partial charge in [0.05, 0.1) is 17.1 Å². The molecule has 0 spiro atoms. The number of aromatic nitrogens is 1. The van der Waals surface area contributed by atoms with Gasteiger partial charge in [0.15, 0.2) is 5.75 Å². The Bertz CT molecular complexity index is 1310. The molecule has 4 aromatic rings. The number of nitrogens with one attached hydrogen (secondary N) is 1. The molecule has 162 valence electrons. The zero-order valence-electron chi connectivity index (χ0n) is 17.8. The molecule has 0 saturated heterocycles. The average Bonchev–Trinajstić information content (AvgIpc) is 2.82. The minimum atomic E-state index is -0.574. The van der Waals surface area contributed by atoms with E-state index in [9.17, 15) is 9.59 Å². The normalized spacial score (nSPS) is 11.8. The highest BCUT2D eigenvalue weighted by molar-refractivity contribution is 6.30. The molecule has 1 aromatic heterocycles. The number of benzene rings is 3. The first kappa shape index (κ1) is 21.7. The molecule has 0 unspecified atom stereocenters. The molecule has 1 N–H and O–H groups in total. The van der Waals surface area contributed by atoms with Crippen LogP contribution in [0.4, 0.5) is 4.79 Å². The van der Waals surface area contributed by atoms with E-state index in [1.807, 2.05) is 43.3 Å². The number of fused-ring (bicyclic) bond motifs is 1. The Morgan fingerprint density at radius 2 is 1.59 bits per heavy atom. The summed E-state index contributed by atoms with van der Waals surface area (Å²) >= 11 is 6.02. The Morgan fingerprint density at radius 1 is 0.969 bits per heavy atom. The van der Waals surface area contributed by atoms with E-state index in [4.69, 9.17) is 16.3 Å². The second-order valence-electron chi connectivity index (χ2n) is 7.48. The van der Waals surface area contributed by atoms with Gasteiger partial charge in [-0.15, -0.1) is 0 Å². The maximum absolute atomic E-state index is 13.3. The molecule has 0 fully saturated rings. The Labute approximate surface area is 191 Å². The van der Waals surface area contributed by atoms with E-state index in [1.165, 1.54) is 4.57 Å². The Hall–Kier alpha value is -3.57. The Kier molecular flexibility index (Phi) is 6.28. The van der Waals surface area contributed by atoms with Gasteiger partial charge in [0.25, 0.3) is 5.56 Å². The van der Waals surface area contributed by atoms with Gasteiger partial charge in [0.1, 0.15) is 0 Å². The molecule has 6 heteroatoms. The summed E-state index contributed by atoms with van der Waals surface area (Å²) in [7, 11) is 0. The first-order chi connectivity index (χ1) is 15.5. The van der Waals surface area contributed by atoms with Crippen LogP contribution in [-0.2, 0) is 0 Å². The summed E-state index contributed by atoms with van der Waals surface area (Å²) in [5.74, 6) is 0.343. The molecule has 32 heavy (non-hydrogen) atoms. The van der Waals surface area contributed by atoms with Crippen LogP contribution in [0.3, 0.4) is 0 Å². The lowest BCUT2D eigenvalue weighted by molar-refractivity contribution is 0.195. The summed E-state index contributed by atoms with van der Waals surface area (Å²) in [6, 6.07) is 23.6. The number of amides is 1. The molecule has 1 amide bonds. The third-order valence-corrected chi connectivity index (χ3v) is 5.70. The van der Waals surface area contributed by atoms with Crippen LogP contribution in [0.2, 0.25) is 5.02 Å². The van der Waals surface area contributed by atoms with E-state index in [2.05, 4.69) is 5.32 Å². The van der Waals surface area contributed by atoms with Crippen LogP contribution in [0, 0.1) is 6.92 Å². The molecular weight excluding hydrogens is 424 g/mol. The summed E-state index contributed by atoms with van der Waals surface area (Å²) in [6.07, 6.45) is 0.138. The zero-order valence-corrected chi connectivity index (χ0v) is 18.6. The maximum Gasteiger partial charge on any atom is 0.413 e. The van der Waals surface area contributed by atoms with Crippen LogP contribution >= 0.6 is 11.6 Å². The lowest BCUT2D eigenvalue weighted by atomic mass is 10.1. The van der Waals surface area contributed by atoms with Crippen LogP contribution in [0.1, 0.15) is 30.6 Å². The van der Waals surface area contributed by atoms with Crippen molar-refractivity contribution < 1.29 is 9.53 Å². The Balaban J connectivity index is 1.76. The quantitative estimate of drug-likeness (QED) is 0.397. The van der Waals surface area contributed by atoms with Gasteiger partial charge in [0.2, 0.25) is 0 Å². The maximum atomic E-state index is 13.3. The van der Waals surface area contributed by atoms with E-state index < -0.39 is 6.09 Å². The molecule has 0 aliphatic rings. The largest absolute Gasteiger partial charge is 0.413 e. The lowest BCUT2D eigenvalue weighted by Crippen LogP contribution is -2.32. The minimum Gasteiger partial charge on any atom is -0.408 e. The third kappa shape index (κ3) is 4.25. The monoisotopic (exact) mass is 446 g/mol. The van der Waals surface area contributed by atoms with Crippen molar-refractivity contribution in [3.05, 3.63) is 105 Å². The van der Waals surface area contributed by atoms with Gasteiger partial charge >= 0.3 is 6.09 Å². The highest BCUT2D eigenvalue weighted by Gasteiger charge is 2.20. The van der Waals surface area contributed by atoms with Crippen molar-refractivity contribution in [2.24, 2.45) is 0 Å². The van der Waals surface area contributed by atoms with E-state index in [0.29, 0.717) is 39.3 Å². The number of ether oxygens (including phenoxy) is 1. The number of hydrogen-bond acceptors (Lipinski definition) is 3. The topological polar surface area (TPSA) is 60.3 Å². The molecule has 0 bridgehead atoms. The van der Waals surface area contributed by atoms with Crippen molar-refractivity contribution in [3.8, 4) is 11.4 Å². The van der Waals surface area contributed by atoms with E-state index in [-0.39, 0.29) is 11.6 Å². The van der Waals surface area contributed by atoms with Crippen molar-refractivity contribution >= 4 is 28.5 Å². The van der Waals surface area contributed by atoms with Crippen LogP contribution in [0.5, 0.6) is 5.75 Å². The number of pyridine rings is 1. The van der Waals surface area contributed by atoms with E-state index in [0.717, 1.165) is 5.56 Å². The third-order valence-electron chi connectivity index (χ3n) is 5.45. The fourth-order valence-corrected chi connectivity index (χ4v) is 3.96. The molecule has 0 radical (unpaired) electrons. The molecule has 1 atom stereocenters. The van der Waals surface area contributed by atoms with Gasteiger partial charge in [0, 0.05) is 16.1 Å². The number of nitrogens with zero attached hydrogens (tertiary/aromatic N) is 1. The van der Waals surface area contributed by atoms with E-state index >= 15 is 0 Å². The number of carbonyl (C=O) groups is 1. The molecular formula is C26H23ClN2O3. The van der Waals surface area contributed by atoms with Crippen LogP contribution in [-0.4, -0.2) is 10.7 Å². The number of rotatable bonds is 5. The summed E-state index contributed by atoms with van der Waals surface area (Å²) in [6.45, 7) is 3.76. The summed E-state index contributed by atoms with van der Waals surface area (Å²) < 4.78 is 7.35. The predicted molar refractivity (Wildman–Crippen MR) is 128 cm³/mol. The molecule has 5 nitrogen and oxygen atoms in total. The van der Waals surface area contributed by atoms with Crippen molar-refractivity contribution in [1.82, 2.24) is 9.88 Å². The fourth-order valence-electron chi connectivity index (χ4n) is 3.84. The number of halogens is 1. The van der Waals surface area contributed by atoms with Gasteiger partial charge < -0.3 is 10.1 Å². The molecule has 0 saturated carbocycles. The van der Waals surface area contributed by atoms with E-state index in [1.54, 1.807) is 49.4 Å². The second-order valence-corrected chi connectivity index (χ2v) is 7.92. The lowest BCUT2D eigenvalue weighted by Gasteiger charge is -2.20. The summed E-state index contributed by atoms with van der Waals surface area (Å²) in [4.78, 5) is 26.1. The molecule has 3 aromatic carbocycles. The summed E-state index contributed by atoms with van der Waals surface area (Å²) in [5.41, 5.74) is 1.98. The van der Waals surface area contributed by atoms with Gasteiger partial charge in [-0.05, 0) is 49.2 Å². The average molecular weight is 447 g/mol. The van der Waals surface area contributed by atoms with Crippen molar-refractivity contribution in [1.29, 1.82) is 0 Å². The highest BCUT2D eigenvalue weighted by Crippen LogP contribution is 2.29. The zero-order chi connectivity index (χ0) is 22.7. The van der Waals surface area contributed by atoms with Crippen LogP contribution in [0.15, 0.2) is 83.7 Å². The van der Waals surface area contributed by atoms with Gasteiger partial charge in [-0.2, -0.15) is 0 Å². The number of hydrogen-bond donors (Lipinski definition) is 1. The number of carbonyl (C=O) groups excluding carboxylic acids is 1. The molecule has 0 aliphatic carbocycles. The van der Waals surface area contributed by atoms with Gasteiger partial charge in [-0.1, -0.05) is 67.1 Å². The summed E-state index contributed by atoms with van der Waals surface area (Å²) in [5, 5.41) is 4.56. The van der Waals surface area contributed by atoms with Gasteiger partial charge in [-0.25, -0.2) is 4.79 Å². The SMILES string of the molecule is CC[C@H](NC(=O)Oc1c(C)n(-c2ccc(Cl)cc2)c(=O)c2ccccc12)c1ccccc1. The molecule has 0 aliphatic heterocycles. The van der Waals surface area contributed by atoms with Crippen LogP contribution in [0.25, 0.3) is 16.5 Å².